The second-order valence-electron chi connectivity index (χ2n) is 7.52. The molecule has 1 aliphatic heterocycles. The molecule has 4 nitrogen and oxygen atoms in total. The van der Waals surface area contributed by atoms with Crippen LogP contribution in [0.1, 0.15) is 24.0 Å². The minimum Gasteiger partial charge on any atom is -0.483 e. The third-order valence-corrected chi connectivity index (χ3v) is 5.83. The van der Waals surface area contributed by atoms with Crippen LogP contribution in [0.5, 0.6) is 5.75 Å². The highest BCUT2D eigenvalue weighted by molar-refractivity contribution is 5.85. The maximum absolute atomic E-state index is 12.6. The number of likely N-dealkylation sites (tertiary alicyclic amines) is 1. The Morgan fingerprint density at radius 3 is 2.56 bits per heavy atom. The number of halogens is 1. The Morgan fingerprint density at radius 2 is 1.78 bits per heavy atom. The van der Waals surface area contributed by atoms with Gasteiger partial charge in [-0.05, 0) is 41.9 Å². The van der Waals surface area contributed by atoms with Gasteiger partial charge < -0.3 is 15.4 Å². The van der Waals surface area contributed by atoms with Crippen molar-refractivity contribution in [2.45, 2.75) is 25.3 Å². The average Bonchev–Trinajstić information content (AvgIpc) is 3.24. The fraction of sp³-hybridized carbons (Fsp3) is 0.409. The van der Waals surface area contributed by atoms with E-state index in [1.807, 2.05) is 41.3 Å². The lowest BCUT2D eigenvalue weighted by molar-refractivity contribution is -0.132. The van der Waals surface area contributed by atoms with Crippen LogP contribution in [0.3, 0.4) is 0 Å². The van der Waals surface area contributed by atoms with E-state index in [-0.39, 0.29) is 31.0 Å². The van der Waals surface area contributed by atoms with Crippen molar-refractivity contribution in [3.63, 3.8) is 0 Å². The molecule has 1 aliphatic carbocycles. The first-order chi connectivity index (χ1) is 12.7. The monoisotopic (exact) mass is 386 g/mol. The summed E-state index contributed by atoms with van der Waals surface area (Å²) in [5, 5.41) is 0. The van der Waals surface area contributed by atoms with Crippen molar-refractivity contribution in [2.24, 2.45) is 17.6 Å². The van der Waals surface area contributed by atoms with Crippen molar-refractivity contribution in [3.05, 3.63) is 65.7 Å². The fourth-order valence-corrected chi connectivity index (χ4v) is 4.35. The molecule has 1 saturated carbocycles. The minimum atomic E-state index is 0. The molecule has 27 heavy (non-hydrogen) atoms. The fourth-order valence-electron chi connectivity index (χ4n) is 4.35. The molecule has 1 amide bonds. The maximum Gasteiger partial charge on any atom is 0.260 e. The van der Waals surface area contributed by atoms with Gasteiger partial charge in [-0.3, -0.25) is 4.79 Å². The smallest absolute Gasteiger partial charge is 0.260 e. The molecule has 2 aliphatic rings. The molecule has 2 aromatic rings. The summed E-state index contributed by atoms with van der Waals surface area (Å²) in [6, 6.07) is 18.5. The van der Waals surface area contributed by atoms with Gasteiger partial charge in [0.15, 0.2) is 6.61 Å². The normalized spacial score (nSPS) is 23.6. The molecule has 2 fully saturated rings. The van der Waals surface area contributed by atoms with Crippen molar-refractivity contribution in [3.8, 4) is 5.75 Å². The van der Waals surface area contributed by atoms with E-state index in [4.69, 9.17) is 10.5 Å². The number of nitrogens with two attached hydrogens (primary N) is 1. The SMILES string of the molecule is Cl.NC1CCC2CN(C(=O)COc3ccccc3Cc3ccccc3)CC12. The van der Waals surface area contributed by atoms with E-state index in [1.54, 1.807) is 0 Å². The second-order valence-corrected chi connectivity index (χ2v) is 7.52. The molecule has 2 N–H and O–H groups in total. The molecule has 3 atom stereocenters. The number of carbonyl (C=O) groups excluding carboxylic acids is 1. The number of carbonyl (C=O) groups is 1. The number of ether oxygens (including phenoxy) is 1. The van der Waals surface area contributed by atoms with Crippen LogP contribution in [0.2, 0.25) is 0 Å². The molecule has 3 unspecified atom stereocenters. The molecular formula is C22H27ClN2O2. The second kappa shape index (κ2) is 8.77. The van der Waals surface area contributed by atoms with Crippen LogP contribution in [0.4, 0.5) is 0 Å². The summed E-state index contributed by atoms with van der Waals surface area (Å²) in [7, 11) is 0. The van der Waals surface area contributed by atoms with E-state index in [1.165, 1.54) is 5.56 Å². The molecule has 5 heteroatoms. The van der Waals surface area contributed by atoms with Gasteiger partial charge in [-0.15, -0.1) is 12.4 Å². The predicted octanol–water partition coefficient (Wildman–Crippen LogP) is 3.27. The number of benzene rings is 2. The summed E-state index contributed by atoms with van der Waals surface area (Å²) in [6.07, 6.45) is 3.05. The summed E-state index contributed by atoms with van der Waals surface area (Å²) in [5.74, 6) is 1.92. The summed E-state index contributed by atoms with van der Waals surface area (Å²) in [4.78, 5) is 14.5. The van der Waals surface area contributed by atoms with Gasteiger partial charge in [-0.1, -0.05) is 48.5 Å². The average molecular weight is 387 g/mol. The summed E-state index contributed by atoms with van der Waals surface area (Å²) >= 11 is 0. The van der Waals surface area contributed by atoms with Gasteiger partial charge in [0.2, 0.25) is 0 Å². The van der Waals surface area contributed by atoms with Gasteiger partial charge in [0.25, 0.3) is 5.91 Å². The largest absolute Gasteiger partial charge is 0.483 e. The zero-order valence-corrected chi connectivity index (χ0v) is 16.2. The number of fused-ring (bicyclic) bond motifs is 1. The van der Waals surface area contributed by atoms with E-state index in [0.29, 0.717) is 11.8 Å². The maximum atomic E-state index is 12.6. The highest BCUT2D eigenvalue weighted by atomic mass is 35.5. The van der Waals surface area contributed by atoms with Crippen LogP contribution in [-0.4, -0.2) is 36.5 Å². The van der Waals surface area contributed by atoms with Gasteiger partial charge in [0, 0.05) is 25.6 Å². The van der Waals surface area contributed by atoms with Gasteiger partial charge in [0.05, 0.1) is 0 Å². The van der Waals surface area contributed by atoms with E-state index in [2.05, 4.69) is 18.2 Å². The number of para-hydroxylation sites is 1. The molecule has 0 radical (unpaired) electrons. The van der Waals surface area contributed by atoms with E-state index >= 15 is 0 Å². The first kappa shape index (κ1) is 19.7. The van der Waals surface area contributed by atoms with E-state index in [0.717, 1.165) is 43.7 Å². The van der Waals surface area contributed by atoms with Gasteiger partial charge >= 0.3 is 0 Å². The number of hydrogen-bond acceptors (Lipinski definition) is 3. The summed E-state index contributed by atoms with van der Waals surface area (Å²) < 4.78 is 5.91. The molecule has 0 aromatic heterocycles. The molecule has 1 heterocycles. The van der Waals surface area contributed by atoms with Gasteiger partial charge in [0.1, 0.15) is 5.75 Å². The zero-order valence-electron chi connectivity index (χ0n) is 15.4. The van der Waals surface area contributed by atoms with Crippen LogP contribution in [0.15, 0.2) is 54.6 Å². The third-order valence-electron chi connectivity index (χ3n) is 5.83. The zero-order chi connectivity index (χ0) is 17.9. The number of amides is 1. The highest BCUT2D eigenvalue weighted by Crippen LogP contribution is 2.37. The van der Waals surface area contributed by atoms with Crippen molar-refractivity contribution in [1.29, 1.82) is 0 Å². The van der Waals surface area contributed by atoms with Crippen LogP contribution >= 0.6 is 12.4 Å². The number of hydrogen-bond donors (Lipinski definition) is 1. The lowest BCUT2D eigenvalue weighted by Crippen LogP contribution is -2.36. The van der Waals surface area contributed by atoms with Crippen LogP contribution in [0, 0.1) is 11.8 Å². The van der Waals surface area contributed by atoms with E-state index in [9.17, 15) is 4.79 Å². The summed E-state index contributed by atoms with van der Waals surface area (Å²) in [6.45, 7) is 1.73. The van der Waals surface area contributed by atoms with Crippen LogP contribution in [0.25, 0.3) is 0 Å². The highest BCUT2D eigenvalue weighted by Gasteiger charge is 2.42. The van der Waals surface area contributed by atoms with Crippen molar-refractivity contribution < 1.29 is 9.53 Å². The Kier molecular flexibility index (Phi) is 6.40. The molecule has 4 rings (SSSR count). The first-order valence-corrected chi connectivity index (χ1v) is 9.48. The molecule has 144 valence electrons. The Hall–Kier alpha value is -2.04. The lowest BCUT2D eigenvalue weighted by Gasteiger charge is -2.19. The first-order valence-electron chi connectivity index (χ1n) is 9.48. The Labute approximate surface area is 167 Å². The topological polar surface area (TPSA) is 55.6 Å². The Balaban J connectivity index is 0.00000210. The molecule has 2 aromatic carbocycles. The Bertz CT molecular complexity index is 768. The quantitative estimate of drug-likeness (QED) is 0.857. The molecule has 1 saturated heterocycles. The van der Waals surface area contributed by atoms with Crippen LogP contribution in [-0.2, 0) is 11.2 Å². The minimum absolute atomic E-state index is 0. The standard InChI is InChI=1S/C22H26N2O2.ClH/c23-20-11-10-18-13-24(14-19(18)20)22(25)15-26-21-9-5-4-8-17(21)12-16-6-2-1-3-7-16;/h1-9,18-20H,10-15,23H2;1H. The predicted molar refractivity (Wildman–Crippen MR) is 109 cm³/mol. The van der Waals surface area contributed by atoms with Gasteiger partial charge in [-0.25, -0.2) is 0 Å². The van der Waals surface area contributed by atoms with Crippen molar-refractivity contribution in [1.82, 2.24) is 4.90 Å². The number of rotatable bonds is 5. The number of nitrogens with zero attached hydrogens (tertiary/aromatic N) is 1. The van der Waals surface area contributed by atoms with Crippen molar-refractivity contribution in [2.75, 3.05) is 19.7 Å². The van der Waals surface area contributed by atoms with E-state index < -0.39 is 0 Å². The van der Waals surface area contributed by atoms with Crippen molar-refractivity contribution >= 4 is 18.3 Å². The molecular weight excluding hydrogens is 360 g/mol. The summed E-state index contributed by atoms with van der Waals surface area (Å²) in [5.41, 5.74) is 8.51. The van der Waals surface area contributed by atoms with Crippen LogP contribution < -0.4 is 10.5 Å². The third kappa shape index (κ3) is 4.45. The molecule has 0 bridgehead atoms. The van der Waals surface area contributed by atoms with Gasteiger partial charge in [-0.2, -0.15) is 0 Å². The lowest BCUT2D eigenvalue weighted by atomic mass is 9.98. The molecule has 0 spiro atoms. The Morgan fingerprint density at radius 1 is 1.04 bits per heavy atom.